The number of nitrogens with zero attached hydrogens (tertiary/aromatic N) is 1. The number of likely N-dealkylation sites (tertiary alicyclic amines) is 1. The number of carbonyl (C=O) groups excluding carboxylic acids is 4. The van der Waals surface area contributed by atoms with Crippen molar-refractivity contribution in [2.75, 3.05) is 39.4 Å². The minimum Gasteiger partial charge on any atom is -0.388 e. The van der Waals surface area contributed by atoms with Crippen LogP contribution in [0.3, 0.4) is 0 Å². The van der Waals surface area contributed by atoms with Gasteiger partial charge in [-0.3, -0.25) is 14.4 Å². The number of aliphatic hydroxyl groups excluding tert-OH is 6. The monoisotopic (exact) mass is 705 g/mol. The van der Waals surface area contributed by atoms with E-state index in [-0.39, 0.29) is 62.6 Å². The van der Waals surface area contributed by atoms with Crippen molar-refractivity contribution >= 4 is 23.5 Å². The quantitative estimate of drug-likeness (QED) is 0.0726. The minimum atomic E-state index is -1.47. The Kier molecular flexibility index (Phi) is 16.2. The Bertz CT molecular complexity index is 1030. The zero-order valence-electron chi connectivity index (χ0n) is 28.6. The summed E-state index contributed by atoms with van der Waals surface area (Å²) in [4.78, 5) is 51.9. The molecule has 0 aromatic rings. The number of carbonyl (C=O) groups is 4. The van der Waals surface area contributed by atoms with Crippen LogP contribution in [-0.2, 0) is 38.1 Å². The average Bonchev–Trinajstić information content (AvgIpc) is 3.05. The molecule has 0 spiro atoms. The van der Waals surface area contributed by atoms with E-state index in [2.05, 4.69) is 10.6 Å². The fourth-order valence-corrected chi connectivity index (χ4v) is 6.29. The number of unbranched alkanes of at least 4 members (excludes halogenated alkanes) is 1. The molecular weight excluding hydrogens is 650 g/mol. The Morgan fingerprint density at radius 2 is 1.12 bits per heavy atom. The second-order valence-corrected chi connectivity index (χ2v) is 13.4. The van der Waals surface area contributed by atoms with Gasteiger partial charge in [-0.2, -0.15) is 0 Å². The summed E-state index contributed by atoms with van der Waals surface area (Å²) in [7, 11) is 0. The zero-order chi connectivity index (χ0) is 36.3. The highest BCUT2D eigenvalue weighted by Crippen LogP contribution is 2.39. The van der Waals surface area contributed by atoms with Crippen molar-refractivity contribution in [1.82, 2.24) is 15.5 Å². The average molecular weight is 706 g/mol. The maximum absolute atomic E-state index is 13.1. The number of piperidine rings is 1. The molecule has 17 nitrogen and oxygen atoms in total. The number of rotatable bonds is 17. The van der Waals surface area contributed by atoms with Gasteiger partial charge in [-0.1, -0.05) is 0 Å². The molecule has 3 aliphatic heterocycles. The van der Waals surface area contributed by atoms with Gasteiger partial charge in [-0.15, -0.1) is 0 Å². The van der Waals surface area contributed by atoms with Crippen LogP contribution in [0, 0.1) is 5.41 Å². The molecule has 8 N–H and O–H groups in total. The lowest BCUT2D eigenvalue weighted by atomic mass is 9.72. The zero-order valence-corrected chi connectivity index (χ0v) is 28.6. The van der Waals surface area contributed by atoms with Gasteiger partial charge in [0.15, 0.2) is 12.6 Å². The van der Waals surface area contributed by atoms with Crippen LogP contribution in [-0.4, -0.2) is 160 Å². The first-order valence-electron chi connectivity index (χ1n) is 17.1. The second kappa shape index (κ2) is 19.3. The number of hydrogen-bond acceptors (Lipinski definition) is 14. The maximum Gasteiger partial charge on any atom is 0.222 e. The Morgan fingerprint density at radius 1 is 0.694 bits per heavy atom. The fraction of sp³-hybridized carbons (Fsp3) is 0.875. The van der Waals surface area contributed by atoms with Crippen LogP contribution in [0.15, 0.2) is 0 Å². The summed E-state index contributed by atoms with van der Waals surface area (Å²) in [6, 6.07) is 0. The molecule has 3 fully saturated rings. The molecule has 3 aliphatic rings. The van der Waals surface area contributed by atoms with Crippen LogP contribution < -0.4 is 10.6 Å². The molecule has 0 bridgehead atoms. The normalized spacial score (nSPS) is 33.1. The lowest BCUT2D eigenvalue weighted by Crippen LogP contribution is -2.57. The topological polar surface area (TPSA) is 254 Å². The SMILES string of the molecule is CC(=O)CCCCC(=O)N1CCC(CC(=O)NCCO[C@@H]2O[C@@H](C)[C@@H](O)[C@@H](O)[C@@H]2O)(CC(=O)NCCO[C@@H]2O[C@@H](C)[C@@H](O)[C@@H](O)[C@@H]2O)CC1. The molecule has 49 heavy (non-hydrogen) atoms. The van der Waals surface area contributed by atoms with Gasteiger partial charge in [0.1, 0.15) is 42.4 Å². The predicted octanol–water partition coefficient (Wildman–Crippen LogP) is -2.55. The Balaban J connectivity index is 1.51. The van der Waals surface area contributed by atoms with Crippen LogP contribution in [0.5, 0.6) is 0 Å². The number of nitrogens with one attached hydrogen (secondary N) is 2. The van der Waals surface area contributed by atoms with Crippen LogP contribution >= 0.6 is 0 Å². The number of ether oxygens (including phenoxy) is 4. The first-order chi connectivity index (χ1) is 23.1. The summed E-state index contributed by atoms with van der Waals surface area (Å²) in [5, 5.41) is 65.4. The highest BCUT2D eigenvalue weighted by atomic mass is 16.7. The summed E-state index contributed by atoms with van der Waals surface area (Å²) in [5.74, 6) is -0.670. The summed E-state index contributed by atoms with van der Waals surface area (Å²) in [6.07, 6.45) is -9.59. The molecule has 0 radical (unpaired) electrons. The number of amides is 3. The fourth-order valence-electron chi connectivity index (χ4n) is 6.29. The van der Waals surface area contributed by atoms with Crippen LogP contribution in [0.2, 0.25) is 0 Å². The molecule has 3 heterocycles. The van der Waals surface area contributed by atoms with Crippen molar-refractivity contribution < 1.29 is 68.8 Å². The van der Waals surface area contributed by atoms with Crippen LogP contribution in [0.4, 0.5) is 0 Å². The van der Waals surface area contributed by atoms with Crippen molar-refractivity contribution in [2.45, 2.75) is 134 Å². The van der Waals surface area contributed by atoms with Gasteiger partial charge in [-0.05, 0) is 51.9 Å². The molecule has 0 unspecified atom stereocenters. The van der Waals surface area contributed by atoms with E-state index in [1.54, 1.807) is 4.90 Å². The Hall–Kier alpha value is -2.32. The first kappa shape index (κ1) is 41.1. The van der Waals surface area contributed by atoms with Gasteiger partial charge in [0.05, 0.1) is 25.4 Å². The van der Waals surface area contributed by atoms with Crippen molar-refractivity contribution in [1.29, 1.82) is 0 Å². The smallest absolute Gasteiger partial charge is 0.222 e. The number of aliphatic hydroxyl groups is 6. The summed E-state index contributed by atoms with van der Waals surface area (Å²) in [5.41, 5.74) is -0.766. The second-order valence-electron chi connectivity index (χ2n) is 13.4. The predicted molar refractivity (Wildman–Crippen MR) is 169 cm³/mol. The highest BCUT2D eigenvalue weighted by Gasteiger charge is 2.44. The maximum atomic E-state index is 13.1. The van der Waals surface area contributed by atoms with E-state index in [1.807, 2.05) is 0 Å². The molecule has 3 rings (SSSR count). The van der Waals surface area contributed by atoms with Crippen molar-refractivity contribution in [2.24, 2.45) is 5.41 Å². The van der Waals surface area contributed by atoms with E-state index >= 15 is 0 Å². The van der Waals surface area contributed by atoms with Gasteiger partial charge >= 0.3 is 0 Å². The molecule has 10 atom stereocenters. The molecular formula is C32H55N3O14. The molecule has 3 amide bonds. The van der Waals surface area contributed by atoms with E-state index in [0.717, 1.165) is 0 Å². The first-order valence-corrected chi connectivity index (χ1v) is 17.1. The number of hydrogen-bond donors (Lipinski definition) is 8. The third-order valence-corrected chi connectivity index (χ3v) is 9.45. The summed E-state index contributed by atoms with van der Waals surface area (Å²) in [6.45, 7) is 5.25. The molecule has 3 saturated heterocycles. The molecule has 0 aromatic carbocycles. The lowest BCUT2D eigenvalue weighted by molar-refractivity contribution is -0.292. The van der Waals surface area contributed by atoms with Gasteiger partial charge in [0.2, 0.25) is 17.7 Å². The van der Waals surface area contributed by atoms with Gasteiger partial charge in [0.25, 0.3) is 0 Å². The van der Waals surface area contributed by atoms with Crippen LogP contribution in [0.1, 0.15) is 72.1 Å². The number of Topliss-reactive ketones (excluding diaryl/α,β-unsaturated/α-hetero) is 1. The lowest BCUT2D eigenvalue weighted by Gasteiger charge is -2.41. The van der Waals surface area contributed by atoms with Crippen molar-refractivity contribution in [3.05, 3.63) is 0 Å². The van der Waals surface area contributed by atoms with Crippen molar-refractivity contribution in [3.8, 4) is 0 Å². The third-order valence-electron chi connectivity index (χ3n) is 9.45. The highest BCUT2D eigenvalue weighted by molar-refractivity contribution is 5.81. The van der Waals surface area contributed by atoms with E-state index in [4.69, 9.17) is 18.9 Å². The van der Waals surface area contributed by atoms with Gasteiger partial charge < -0.3 is 69.9 Å². The van der Waals surface area contributed by atoms with E-state index in [9.17, 15) is 49.8 Å². The standard InChI is InChI=1S/C32H55N3O14/c1-18(36)6-4-5-7-23(39)35-12-8-32(9-13-35,16-21(37)33-10-14-46-30-28(44)26(42)24(40)19(2)48-30)17-22(38)34-11-15-47-31-29(45)27(43)25(41)20(3)49-31/h19-20,24-31,40-45H,4-17H2,1-3H3,(H,33,37)(H,34,38)/t19-,20-,24+,25+,26+,27+,28-,29-,30+,31+/m0/s1. The third kappa shape index (κ3) is 12.2. The summed E-state index contributed by atoms with van der Waals surface area (Å²) >= 11 is 0. The molecule has 0 saturated carbocycles. The van der Waals surface area contributed by atoms with Gasteiger partial charge in [0, 0.05) is 51.9 Å². The molecule has 17 heteroatoms. The van der Waals surface area contributed by atoms with Crippen LogP contribution in [0.25, 0.3) is 0 Å². The van der Waals surface area contributed by atoms with Gasteiger partial charge in [-0.25, -0.2) is 0 Å². The molecule has 282 valence electrons. The number of ketones is 1. The van der Waals surface area contributed by atoms with E-state index in [1.165, 1.54) is 20.8 Å². The Morgan fingerprint density at radius 3 is 1.55 bits per heavy atom. The van der Waals surface area contributed by atoms with Crippen molar-refractivity contribution in [3.63, 3.8) is 0 Å². The van der Waals surface area contributed by atoms with E-state index in [0.29, 0.717) is 51.6 Å². The summed E-state index contributed by atoms with van der Waals surface area (Å²) < 4.78 is 21.8. The minimum absolute atomic E-state index is 0.0116. The van der Waals surface area contributed by atoms with E-state index < -0.39 is 66.8 Å². The molecule has 0 aliphatic carbocycles. The molecule has 0 aromatic heterocycles. The largest absolute Gasteiger partial charge is 0.388 e. The Labute approximate surface area is 286 Å².